The molecule has 3 rings (SSSR count). The molecule has 0 spiro atoms. The van der Waals surface area contributed by atoms with E-state index in [2.05, 4.69) is 5.32 Å². The number of esters is 1. The molecule has 0 bridgehead atoms. The molecular weight excluding hydrogens is 394 g/mol. The van der Waals surface area contributed by atoms with Gasteiger partial charge >= 0.3 is 5.97 Å². The van der Waals surface area contributed by atoms with Crippen molar-refractivity contribution >= 4 is 23.5 Å². The lowest BCUT2D eigenvalue weighted by Crippen LogP contribution is -2.30. The number of carbonyl (C=O) groups is 2. The summed E-state index contributed by atoms with van der Waals surface area (Å²) in [6.07, 6.45) is 2.85. The minimum Gasteiger partial charge on any atom is -0.491 e. The minimum atomic E-state index is -0.555. The van der Waals surface area contributed by atoms with E-state index in [1.807, 2.05) is 18.2 Å². The Balaban J connectivity index is 1.35. The van der Waals surface area contributed by atoms with Gasteiger partial charge in [-0.15, -0.1) is 0 Å². The van der Waals surface area contributed by atoms with Gasteiger partial charge in [0.25, 0.3) is 5.91 Å². The number of carbonyl (C=O) groups excluding carboxylic acids is 2. The molecule has 0 aromatic heterocycles. The van der Waals surface area contributed by atoms with Crippen LogP contribution < -0.4 is 10.1 Å². The van der Waals surface area contributed by atoms with Crippen LogP contribution in [-0.2, 0) is 20.7 Å². The van der Waals surface area contributed by atoms with Crippen LogP contribution in [-0.4, -0.2) is 44.3 Å². The van der Waals surface area contributed by atoms with Gasteiger partial charge in [-0.05, 0) is 61.2 Å². The highest BCUT2D eigenvalue weighted by molar-refractivity contribution is 6.30. The van der Waals surface area contributed by atoms with Crippen molar-refractivity contribution in [2.75, 3.05) is 26.4 Å². The topological polar surface area (TPSA) is 73.9 Å². The van der Waals surface area contributed by atoms with E-state index >= 15 is 0 Å². The van der Waals surface area contributed by atoms with Crippen molar-refractivity contribution in [2.24, 2.45) is 0 Å². The highest BCUT2D eigenvalue weighted by Crippen LogP contribution is 2.17. The Bertz CT molecular complexity index is 818. The molecule has 29 heavy (non-hydrogen) atoms. The smallest absolute Gasteiger partial charge is 0.338 e. The minimum absolute atomic E-state index is 0.136. The number of benzene rings is 2. The molecule has 1 heterocycles. The predicted octanol–water partition coefficient (Wildman–Crippen LogP) is 3.41. The lowest BCUT2D eigenvalue weighted by molar-refractivity contribution is -0.124. The summed E-state index contributed by atoms with van der Waals surface area (Å²) in [6, 6.07) is 14.1. The normalized spacial score (nSPS) is 15.7. The van der Waals surface area contributed by atoms with E-state index in [4.69, 9.17) is 25.8 Å². The summed E-state index contributed by atoms with van der Waals surface area (Å²) in [5, 5.41) is 3.38. The molecular formula is C22H24ClNO5. The van der Waals surface area contributed by atoms with Crippen molar-refractivity contribution in [3.05, 3.63) is 64.7 Å². The zero-order chi connectivity index (χ0) is 20.5. The number of ether oxygens (including phenoxy) is 3. The van der Waals surface area contributed by atoms with Gasteiger partial charge in [-0.1, -0.05) is 23.7 Å². The Morgan fingerprint density at radius 3 is 2.72 bits per heavy atom. The van der Waals surface area contributed by atoms with Crippen molar-refractivity contribution in [1.29, 1.82) is 0 Å². The van der Waals surface area contributed by atoms with E-state index in [0.717, 1.165) is 25.0 Å². The van der Waals surface area contributed by atoms with Gasteiger partial charge < -0.3 is 19.5 Å². The molecule has 1 amide bonds. The number of amides is 1. The summed E-state index contributed by atoms with van der Waals surface area (Å²) >= 11 is 5.93. The largest absolute Gasteiger partial charge is 0.491 e. The Kier molecular flexibility index (Phi) is 7.90. The molecule has 7 heteroatoms. The average Bonchev–Trinajstić information content (AvgIpc) is 3.25. The predicted molar refractivity (Wildman–Crippen MR) is 109 cm³/mol. The molecule has 2 aromatic carbocycles. The maximum absolute atomic E-state index is 12.1. The second-order valence-electron chi connectivity index (χ2n) is 6.78. The summed E-state index contributed by atoms with van der Waals surface area (Å²) in [5.41, 5.74) is 1.39. The number of hydrogen-bond acceptors (Lipinski definition) is 5. The van der Waals surface area contributed by atoms with Crippen LogP contribution in [0.25, 0.3) is 0 Å². The van der Waals surface area contributed by atoms with Crippen molar-refractivity contribution in [3.63, 3.8) is 0 Å². The Labute approximate surface area is 175 Å². The van der Waals surface area contributed by atoms with Gasteiger partial charge in [-0.3, -0.25) is 4.79 Å². The molecule has 0 saturated carbocycles. The van der Waals surface area contributed by atoms with Crippen LogP contribution in [0.15, 0.2) is 48.5 Å². The van der Waals surface area contributed by atoms with Gasteiger partial charge in [0.2, 0.25) is 0 Å². The second kappa shape index (κ2) is 10.8. The lowest BCUT2D eigenvalue weighted by Gasteiger charge is -2.11. The van der Waals surface area contributed by atoms with Gasteiger partial charge in [0, 0.05) is 18.2 Å². The second-order valence-corrected chi connectivity index (χ2v) is 7.21. The summed E-state index contributed by atoms with van der Waals surface area (Å²) in [7, 11) is 0. The number of hydrogen-bond donors (Lipinski definition) is 1. The first-order chi connectivity index (χ1) is 14.1. The van der Waals surface area contributed by atoms with Gasteiger partial charge in [0.15, 0.2) is 6.61 Å². The molecule has 1 atom stereocenters. The van der Waals surface area contributed by atoms with E-state index in [0.29, 0.717) is 35.9 Å². The van der Waals surface area contributed by atoms with Crippen LogP contribution in [0.2, 0.25) is 5.02 Å². The number of halogens is 1. The van der Waals surface area contributed by atoms with Crippen LogP contribution in [0.4, 0.5) is 0 Å². The van der Waals surface area contributed by atoms with Crippen LogP contribution in [0, 0.1) is 0 Å². The van der Waals surface area contributed by atoms with Crippen molar-refractivity contribution in [1.82, 2.24) is 5.32 Å². The monoisotopic (exact) mass is 417 g/mol. The zero-order valence-electron chi connectivity index (χ0n) is 16.1. The Hall–Kier alpha value is -2.57. The number of rotatable bonds is 9. The molecule has 154 valence electrons. The Morgan fingerprint density at radius 2 is 2.00 bits per heavy atom. The van der Waals surface area contributed by atoms with Crippen molar-refractivity contribution in [3.8, 4) is 5.75 Å². The van der Waals surface area contributed by atoms with E-state index in [9.17, 15) is 9.59 Å². The van der Waals surface area contributed by atoms with Crippen LogP contribution in [0.3, 0.4) is 0 Å². The first kappa shape index (κ1) is 21.1. The summed E-state index contributed by atoms with van der Waals surface area (Å²) < 4.78 is 16.2. The molecule has 1 N–H and O–H groups in total. The molecule has 1 aliphatic heterocycles. The van der Waals surface area contributed by atoms with Crippen molar-refractivity contribution in [2.45, 2.75) is 25.4 Å². The van der Waals surface area contributed by atoms with Gasteiger partial charge in [0.05, 0.1) is 11.7 Å². The molecule has 0 aliphatic carbocycles. The van der Waals surface area contributed by atoms with E-state index in [1.54, 1.807) is 30.3 Å². The van der Waals surface area contributed by atoms with E-state index in [1.165, 1.54) is 0 Å². The van der Waals surface area contributed by atoms with Crippen LogP contribution in [0.1, 0.15) is 28.8 Å². The van der Waals surface area contributed by atoms with Crippen LogP contribution >= 0.6 is 11.6 Å². The zero-order valence-corrected chi connectivity index (χ0v) is 16.8. The maximum atomic E-state index is 12.1. The standard InChI is InChI=1S/C22H24ClNO5/c23-18-4-1-3-16(13-18)10-11-24-21(25)15-29-22(26)17-6-8-19(9-7-17)28-14-20-5-2-12-27-20/h1,3-4,6-9,13,20H,2,5,10-12,14-15H2,(H,24,25)/t20-/m1/s1. The van der Waals surface area contributed by atoms with Gasteiger partial charge in [-0.2, -0.15) is 0 Å². The van der Waals surface area contributed by atoms with E-state index in [-0.39, 0.29) is 18.6 Å². The number of nitrogens with one attached hydrogen (secondary N) is 1. The SMILES string of the molecule is O=C(COC(=O)c1ccc(OC[C@H]2CCCO2)cc1)NCCc1cccc(Cl)c1. The summed E-state index contributed by atoms with van der Waals surface area (Å²) in [4.78, 5) is 23.9. The van der Waals surface area contributed by atoms with E-state index < -0.39 is 5.97 Å². The highest BCUT2D eigenvalue weighted by atomic mass is 35.5. The van der Waals surface area contributed by atoms with Gasteiger partial charge in [-0.25, -0.2) is 4.79 Å². The molecule has 1 aliphatic rings. The average molecular weight is 418 g/mol. The first-order valence-electron chi connectivity index (χ1n) is 9.63. The van der Waals surface area contributed by atoms with Gasteiger partial charge in [0.1, 0.15) is 12.4 Å². The molecule has 1 fully saturated rings. The summed E-state index contributed by atoms with van der Waals surface area (Å²) in [6.45, 7) is 1.39. The third kappa shape index (κ3) is 7.07. The third-order valence-corrected chi connectivity index (χ3v) is 4.74. The fourth-order valence-corrected chi connectivity index (χ4v) is 3.17. The molecule has 1 saturated heterocycles. The Morgan fingerprint density at radius 1 is 1.17 bits per heavy atom. The van der Waals surface area contributed by atoms with Crippen molar-refractivity contribution < 1.29 is 23.8 Å². The first-order valence-corrected chi connectivity index (χ1v) is 10.0. The molecule has 0 radical (unpaired) electrons. The fourth-order valence-electron chi connectivity index (χ4n) is 2.96. The molecule has 0 unspecified atom stereocenters. The fraction of sp³-hybridized carbons (Fsp3) is 0.364. The maximum Gasteiger partial charge on any atom is 0.338 e. The molecule has 6 nitrogen and oxygen atoms in total. The summed E-state index contributed by atoms with van der Waals surface area (Å²) in [5.74, 6) is -0.242. The third-order valence-electron chi connectivity index (χ3n) is 4.51. The highest BCUT2D eigenvalue weighted by Gasteiger charge is 2.16. The lowest BCUT2D eigenvalue weighted by atomic mass is 10.1. The van der Waals surface area contributed by atoms with Crippen LogP contribution in [0.5, 0.6) is 5.75 Å². The molecule has 2 aromatic rings. The quantitative estimate of drug-likeness (QED) is 0.633.